The Bertz CT molecular complexity index is 329. The predicted octanol–water partition coefficient (Wildman–Crippen LogP) is 2.01. The molecule has 2 unspecified atom stereocenters. The summed E-state index contributed by atoms with van der Waals surface area (Å²) in [6, 6.07) is 11.0. The Morgan fingerprint density at radius 1 is 1.33 bits per heavy atom. The molecule has 1 aromatic carbocycles. The minimum absolute atomic E-state index is 0.208. The van der Waals surface area contributed by atoms with E-state index in [4.69, 9.17) is 9.47 Å². The predicted molar refractivity (Wildman–Crippen MR) is 72.8 cm³/mol. The third-order valence-electron chi connectivity index (χ3n) is 3.46. The summed E-state index contributed by atoms with van der Waals surface area (Å²) >= 11 is 0. The second kappa shape index (κ2) is 7.52. The summed E-state index contributed by atoms with van der Waals surface area (Å²) in [5, 5.41) is 3.31. The molecule has 100 valence electrons. The molecule has 0 aliphatic carbocycles. The molecule has 0 amide bonds. The highest BCUT2D eigenvalue weighted by Gasteiger charge is 2.24. The number of nitrogens with one attached hydrogen (secondary N) is 1. The Labute approximate surface area is 109 Å². The summed E-state index contributed by atoms with van der Waals surface area (Å²) in [7, 11) is 2.00. The summed E-state index contributed by atoms with van der Waals surface area (Å²) in [5.74, 6) is 0. The van der Waals surface area contributed by atoms with E-state index in [-0.39, 0.29) is 6.10 Å². The van der Waals surface area contributed by atoms with Crippen molar-refractivity contribution < 1.29 is 9.47 Å². The minimum atomic E-state index is 0.208. The maximum atomic E-state index is 5.92. The van der Waals surface area contributed by atoms with E-state index in [1.54, 1.807) is 0 Å². The van der Waals surface area contributed by atoms with Gasteiger partial charge in [-0.05, 0) is 31.9 Å². The number of hydrogen-bond acceptors (Lipinski definition) is 3. The Morgan fingerprint density at radius 3 is 2.94 bits per heavy atom. The van der Waals surface area contributed by atoms with Crippen LogP contribution in [0.15, 0.2) is 30.3 Å². The van der Waals surface area contributed by atoms with Gasteiger partial charge in [0.15, 0.2) is 0 Å². The van der Waals surface area contributed by atoms with Gasteiger partial charge in [-0.25, -0.2) is 0 Å². The lowest BCUT2D eigenvalue weighted by Gasteiger charge is -2.31. The molecular formula is C15H23NO2. The lowest BCUT2D eigenvalue weighted by Crippen LogP contribution is -2.46. The first-order valence-corrected chi connectivity index (χ1v) is 6.80. The van der Waals surface area contributed by atoms with Crippen LogP contribution in [-0.4, -0.2) is 39.0 Å². The number of likely N-dealkylation sites (N-methyl/N-ethyl adjacent to an activating group) is 1. The van der Waals surface area contributed by atoms with E-state index in [2.05, 4.69) is 35.6 Å². The summed E-state index contributed by atoms with van der Waals surface area (Å²) in [4.78, 5) is 0. The molecular weight excluding hydrogens is 226 g/mol. The Morgan fingerprint density at radius 2 is 2.17 bits per heavy atom. The van der Waals surface area contributed by atoms with Gasteiger partial charge in [0.2, 0.25) is 0 Å². The Hall–Kier alpha value is -0.900. The van der Waals surface area contributed by atoms with E-state index in [1.165, 1.54) is 5.56 Å². The monoisotopic (exact) mass is 249 g/mol. The van der Waals surface area contributed by atoms with Gasteiger partial charge in [-0.2, -0.15) is 0 Å². The van der Waals surface area contributed by atoms with Gasteiger partial charge >= 0.3 is 0 Å². The highest BCUT2D eigenvalue weighted by molar-refractivity contribution is 5.14. The highest BCUT2D eigenvalue weighted by atomic mass is 16.5. The molecule has 0 spiro atoms. The lowest BCUT2D eigenvalue weighted by molar-refractivity contribution is -0.0678. The van der Waals surface area contributed by atoms with Gasteiger partial charge in [0.05, 0.1) is 12.7 Å². The van der Waals surface area contributed by atoms with Gasteiger partial charge in [0, 0.05) is 19.3 Å². The quantitative estimate of drug-likeness (QED) is 0.782. The van der Waals surface area contributed by atoms with Gasteiger partial charge in [0.1, 0.15) is 0 Å². The summed E-state index contributed by atoms with van der Waals surface area (Å²) in [6.07, 6.45) is 3.40. The van der Waals surface area contributed by atoms with Crippen LogP contribution in [0, 0.1) is 0 Å². The third kappa shape index (κ3) is 4.09. The van der Waals surface area contributed by atoms with Crippen molar-refractivity contribution >= 4 is 0 Å². The van der Waals surface area contributed by atoms with Crippen molar-refractivity contribution in [2.24, 2.45) is 0 Å². The largest absolute Gasteiger partial charge is 0.379 e. The molecule has 3 nitrogen and oxygen atoms in total. The average molecular weight is 249 g/mol. The minimum Gasteiger partial charge on any atom is -0.379 e. The van der Waals surface area contributed by atoms with E-state index in [9.17, 15) is 0 Å². The zero-order chi connectivity index (χ0) is 12.6. The van der Waals surface area contributed by atoms with Gasteiger partial charge < -0.3 is 14.8 Å². The van der Waals surface area contributed by atoms with Crippen molar-refractivity contribution in [2.75, 3.05) is 26.9 Å². The number of benzene rings is 1. The smallest absolute Gasteiger partial charge is 0.0961 e. The van der Waals surface area contributed by atoms with Crippen molar-refractivity contribution in [3.63, 3.8) is 0 Å². The first-order valence-electron chi connectivity index (χ1n) is 6.80. The summed E-state index contributed by atoms with van der Waals surface area (Å²) < 4.78 is 11.4. The number of rotatable bonds is 6. The van der Waals surface area contributed by atoms with E-state index in [0.717, 1.165) is 39.1 Å². The Kier molecular flexibility index (Phi) is 5.65. The molecule has 0 radical (unpaired) electrons. The molecule has 0 bridgehead atoms. The first kappa shape index (κ1) is 13.5. The Balaban J connectivity index is 1.65. The van der Waals surface area contributed by atoms with Crippen molar-refractivity contribution in [1.82, 2.24) is 5.32 Å². The fourth-order valence-electron chi connectivity index (χ4n) is 2.36. The van der Waals surface area contributed by atoms with Crippen LogP contribution in [-0.2, 0) is 15.9 Å². The molecule has 2 rings (SSSR count). The fraction of sp³-hybridized carbons (Fsp3) is 0.600. The standard InChI is InChI=1S/C15H23NO2/c1-16-14-9-11-17-12-15(14)18-10-5-8-13-6-3-2-4-7-13/h2-4,6-7,14-16H,5,8-12H2,1H3. The molecule has 0 aromatic heterocycles. The van der Waals surface area contributed by atoms with Crippen molar-refractivity contribution in [1.29, 1.82) is 0 Å². The summed E-state index contributed by atoms with van der Waals surface area (Å²) in [6.45, 7) is 2.37. The van der Waals surface area contributed by atoms with Crippen molar-refractivity contribution in [3.05, 3.63) is 35.9 Å². The molecule has 2 atom stereocenters. The second-order valence-electron chi connectivity index (χ2n) is 4.76. The SMILES string of the molecule is CNC1CCOCC1OCCCc1ccccc1. The van der Waals surface area contributed by atoms with Crippen LogP contribution >= 0.6 is 0 Å². The number of hydrogen-bond donors (Lipinski definition) is 1. The molecule has 1 fully saturated rings. The van der Waals surface area contributed by atoms with E-state index >= 15 is 0 Å². The first-order chi connectivity index (χ1) is 8.90. The van der Waals surface area contributed by atoms with Crippen molar-refractivity contribution in [3.8, 4) is 0 Å². The molecule has 1 aliphatic rings. The van der Waals surface area contributed by atoms with Gasteiger partial charge in [-0.1, -0.05) is 30.3 Å². The maximum Gasteiger partial charge on any atom is 0.0961 e. The molecule has 1 aliphatic heterocycles. The summed E-state index contributed by atoms with van der Waals surface area (Å²) in [5.41, 5.74) is 1.38. The van der Waals surface area contributed by atoms with Gasteiger partial charge in [0.25, 0.3) is 0 Å². The van der Waals surface area contributed by atoms with Gasteiger partial charge in [-0.15, -0.1) is 0 Å². The molecule has 1 heterocycles. The van der Waals surface area contributed by atoms with Crippen LogP contribution in [0.5, 0.6) is 0 Å². The van der Waals surface area contributed by atoms with Crippen LogP contribution < -0.4 is 5.32 Å². The van der Waals surface area contributed by atoms with E-state index in [0.29, 0.717) is 6.04 Å². The third-order valence-corrected chi connectivity index (χ3v) is 3.46. The van der Waals surface area contributed by atoms with Crippen LogP contribution in [0.3, 0.4) is 0 Å². The zero-order valence-corrected chi connectivity index (χ0v) is 11.1. The highest BCUT2D eigenvalue weighted by Crippen LogP contribution is 2.12. The second-order valence-corrected chi connectivity index (χ2v) is 4.76. The topological polar surface area (TPSA) is 30.5 Å². The van der Waals surface area contributed by atoms with Crippen molar-refractivity contribution in [2.45, 2.75) is 31.4 Å². The van der Waals surface area contributed by atoms with Crippen LogP contribution in [0.1, 0.15) is 18.4 Å². The van der Waals surface area contributed by atoms with E-state index in [1.807, 2.05) is 7.05 Å². The molecule has 1 saturated heterocycles. The number of ether oxygens (including phenoxy) is 2. The van der Waals surface area contributed by atoms with Crippen LogP contribution in [0.4, 0.5) is 0 Å². The average Bonchev–Trinajstić information content (AvgIpc) is 2.45. The molecule has 1 aromatic rings. The molecule has 1 N–H and O–H groups in total. The van der Waals surface area contributed by atoms with Crippen LogP contribution in [0.25, 0.3) is 0 Å². The van der Waals surface area contributed by atoms with E-state index < -0.39 is 0 Å². The normalized spacial score (nSPS) is 24.1. The zero-order valence-electron chi connectivity index (χ0n) is 11.1. The maximum absolute atomic E-state index is 5.92. The van der Waals surface area contributed by atoms with Gasteiger partial charge in [-0.3, -0.25) is 0 Å². The molecule has 3 heteroatoms. The molecule has 18 heavy (non-hydrogen) atoms. The van der Waals surface area contributed by atoms with Crippen LogP contribution in [0.2, 0.25) is 0 Å². The number of aryl methyl sites for hydroxylation is 1. The fourth-order valence-corrected chi connectivity index (χ4v) is 2.36. The molecule has 0 saturated carbocycles. The lowest BCUT2D eigenvalue weighted by atomic mass is 10.1.